The van der Waals surface area contributed by atoms with Gasteiger partial charge in [-0.15, -0.1) is 0 Å². The largest absolute Gasteiger partial charge is 0.286 e. The van der Waals surface area contributed by atoms with Crippen molar-refractivity contribution < 1.29 is 4.79 Å². The molecular formula is C13H8N2OS. The van der Waals surface area contributed by atoms with Crippen molar-refractivity contribution >= 4 is 22.6 Å². The Morgan fingerprint density at radius 1 is 1.00 bits per heavy atom. The summed E-state index contributed by atoms with van der Waals surface area (Å²) in [6, 6.07) is 13.5. The topological polar surface area (TPSA) is 42.3 Å². The van der Waals surface area contributed by atoms with Gasteiger partial charge in [0.1, 0.15) is 0 Å². The van der Waals surface area contributed by atoms with Crippen molar-refractivity contribution in [3.05, 3.63) is 59.4 Å². The molecule has 3 rings (SSSR count). The van der Waals surface area contributed by atoms with Crippen molar-refractivity contribution in [3.8, 4) is 0 Å². The Morgan fingerprint density at radius 3 is 2.65 bits per heavy atom. The van der Waals surface area contributed by atoms with Crippen LogP contribution in [0.5, 0.6) is 0 Å². The fraction of sp³-hybridized carbons (Fsp3) is 0. The first-order chi connectivity index (χ1) is 8.34. The molecule has 1 aliphatic rings. The summed E-state index contributed by atoms with van der Waals surface area (Å²) < 4.78 is 0. The average Bonchev–Trinajstić information content (AvgIpc) is 2.68. The standard InChI is InChI=1S/C13H8N2OS/c16-13-11(17-9-5-2-1-3-6-9)10-7-4-8-14-12(10)15-13/h1-8H. The van der Waals surface area contributed by atoms with Gasteiger partial charge in [-0.05, 0) is 24.3 Å². The summed E-state index contributed by atoms with van der Waals surface area (Å²) in [5.41, 5.74) is 0.524. The third-order valence-electron chi connectivity index (χ3n) is 2.40. The van der Waals surface area contributed by atoms with Crippen LogP contribution in [0.15, 0.2) is 58.5 Å². The highest BCUT2D eigenvalue weighted by molar-refractivity contribution is 8.09. The van der Waals surface area contributed by atoms with Crippen LogP contribution in [-0.4, -0.2) is 10.9 Å². The van der Waals surface area contributed by atoms with Crippen molar-refractivity contribution in [3.63, 3.8) is 0 Å². The first-order valence-electron chi connectivity index (χ1n) is 5.16. The molecule has 1 amide bonds. The molecule has 82 valence electrons. The Hall–Kier alpha value is -1.94. The van der Waals surface area contributed by atoms with E-state index in [1.54, 1.807) is 6.20 Å². The van der Waals surface area contributed by atoms with Crippen LogP contribution in [0.3, 0.4) is 0 Å². The highest BCUT2D eigenvalue weighted by atomic mass is 32.2. The molecule has 0 N–H and O–H groups in total. The lowest BCUT2D eigenvalue weighted by Crippen LogP contribution is -2.25. The highest BCUT2D eigenvalue weighted by Crippen LogP contribution is 2.27. The minimum atomic E-state index is -0.201. The maximum absolute atomic E-state index is 11.8. The monoisotopic (exact) mass is 240 g/mol. The summed E-state index contributed by atoms with van der Waals surface area (Å²) in [5, 5.41) is 0.825. The van der Waals surface area contributed by atoms with E-state index < -0.39 is 0 Å². The van der Waals surface area contributed by atoms with Crippen LogP contribution in [0.25, 0.3) is 4.91 Å². The zero-order valence-electron chi connectivity index (χ0n) is 8.83. The second-order valence-corrected chi connectivity index (χ2v) is 4.62. The van der Waals surface area contributed by atoms with Crippen molar-refractivity contribution in [2.24, 2.45) is 4.99 Å². The second-order valence-electron chi connectivity index (χ2n) is 3.54. The van der Waals surface area contributed by atoms with Gasteiger partial charge in [-0.25, -0.2) is 4.98 Å². The number of rotatable bonds is 2. The maximum atomic E-state index is 11.8. The first kappa shape index (κ1) is 10.2. The number of aromatic nitrogens is 1. The SMILES string of the molecule is O=C1N=c2ncccc2=C1Sc1ccccc1. The molecule has 0 atom stereocenters. The zero-order chi connectivity index (χ0) is 11.7. The molecule has 0 fully saturated rings. The Kier molecular flexibility index (Phi) is 2.49. The van der Waals surface area contributed by atoms with Gasteiger partial charge in [0.2, 0.25) is 0 Å². The van der Waals surface area contributed by atoms with Crippen LogP contribution in [0, 0.1) is 0 Å². The van der Waals surface area contributed by atoms with E-state index in [9.17, 15) is 4.79 Å². The number of carbonyl (C=O) groups is 1. The van der Waals surface area contributed by atoms with Crippen LogP contribution in [0.2, 0.25) is 0 Å². The lowest BCUT2D eigenvalue weighted by atomic mass is 10.4. The molecule has 0 unspecified atom stereocenters. The van der Waals surface area contributed by atoms with E-state index in [4.69, 9.17) is 0 Å². The molecule has 1 aromatic heterocycles. The summed E-state index contributed by atoms with van der Waals surface area (Å²) in [4.78, 5) is 21.5. The van der Waals surface area contributed by atoms with Gasteiger partial charge in [-0.2, -0.15) is 4.99 Å². The summed E-state index contributed by atoms with van der Waals surface area (Å²) in [6.45, 7) is 0. The van der Waals surface area contributed by atoms with E-state index in [1.807, 2.05) is 42.5 Å². The van der Waals surface area contributed by atoms with Crippen molar-refractivity contribution in [2.45, 2.75) is 4.90 Å². The number of pyridine rings is 1. The number of hydrogen-bond donors (Lipinski definition) is 0. The van der Waals surface area contributed by atoms with Crippen molar-refractivity contribution in [1.29, 1.82) is 0 Å². The van der Waals surface area contributed by atoms with Crippen LogP contribution in [0.4, 0.5) is 0 Å². The molecule has 0 bridgehead atoms. The van der Waals surface area contributed by atoms with E-state index in [1.165, 1.54) is 11.8 Å². The van der Waals surface area contributed by atoms with Gasteiger partial charge in [-0.3, -0.25) is 4.79 Å². The van der Waals surface area contributed by atoms with Crippen molar-refractivity contribution in [2.75, 3.05) is 0 Å². The van der Waals surface area contributed by atoms with Crippen LogP contribution in [0.1, 0.15) is 0 Å². The van der Waals surface area contributed by atoms with Crippen LogP contribution < -0.4 is 10.7 Å². The summed E-state index contributed by atoms with van der Waals surface area (Å²) in [5.74, 6) is -0.201. The molecule has 1 aliphatic heterocycles. The number of amides is 1. The number of fused-ring (bicyclic) bond motifs is 1. The fourth-order valence-corrected chi connectivity index (χ4v) is 2.56. The summed E-state index contributed by atoms with van der Waals surface area (Å²) >= 11 is 1.44. The molecule has 2 heterocycles. The summed E-state index contributed by atoms with van der Waals surface area (Å²) in [6.07, 6.45) is 1.64. The molecule has 0 aliphatic carbocycles. The number of nitrogens with zero attached hydrogens (tertiary/aromatic N) is 2. The molecule has 17 heavy (non-hydrogen) atoms. The molecular weight excluding hydrogens is 232 g/mol. The number of thioether (sulfide) groups is 1. The quantitative estimate of drug-likeness (QED) is 0.790. The lowest BCUT2D eigenvalue weighted by molar-refractivity contribution is -0.112. The second kappa shape index (κ2) is 4.14. The van der Waals surface area contributed by atoms with E-state index in [2.05, 4.69) is 9.98 Å². The third-order valence-corrected chi connectivity index (χ3v) is 3.50. The first-order valence-corrected chi connectivity index (χ1v) is 5.97. The van der Waals surface area contributed by atoms with Gasteiger partial charge in [-0.1, -0.05) is 30.0 Å². The average molecular weight is 240 g/mol. The molecule has 0 radical (unpaired) electrons. The zero-order valence-corrected chi connectivity index (χ0v) is 9.65. The normalized spacial score (nSPS) is 13.4. The maximum Gasteiger partial charge on any atom is 0.286 e. The third kappa shape index (κ3) is 1.87. The predicted molar refractivity (Wildman–Crippen MR) is 65.7 cm³/mol. The van der Waals surface area contributed by atoms with Gasteiger partial charge in [0.15, 0.2) is 5.49 Å². The van der Waals surface area contributed by atoms with Crippen molar-refractivity contribution in [1.82, 2.24) is 4.98 Å². The Labute approximate surface area is 102 Å². The summed E-state index contributed by atoms with van der Waals surface area (Å²) in [7, 11) is 0. The molecule has 2 aromatic rings. The smallest absolute Gasteiger partial charge is 0.266 e. The van der Waals surface area contributed by atoms with E-state index >= 15 is 0 Å². The van der Waals surface area contributed by atoms with Gasteiger partial charge in [0, 0.05) is 16.3 Å². The minimum absolute atomic E-state index is 0.201. The van der Waals surface area contributed by atoms with Gasteiger partial charge < -0.3 is 0 Å². The minimum Gasteiger partial charge on any atom is -0.266 e. The van der Waals surface area contributed by atoms with Crippen LogP contribution >= 0.6 is 11.8 Å². The Morgan fingerprint density at radius 2 is 1.82 bits per heavy atom. The Bertz CT molecular complexity index is 695. The van der Waals surface area contributed by atoms with Crippen LogP contribution in [-0.2, 0) is 4.79 Å². The molecule has 4 heteroatoms. The lowest BCUT2D eigenvalue weighted by Gasteiger charge is -1.99. The molecule has 1 aromatic carbocycles. The number of carbonyl (C=O) groups excluding carboxylic acids is 1. The molecule has 0 saturated heterocycles. The highest BCUT2D eigenvalue weighted by Gasteiger charge is 2.17. The van der Waals surface area contributed by atoms with Gasteiger partial charge in [0.25, 0.3) is 5.91 Å². The van der Waals surface area contributed by atoms with E-state index in [0.717, 1.165) is 10.1 Å². The molecule has 0 spiro atoms. The van der Waals surface area contributed by atoms with E-state index in [0.29, 0.717) is 10.4 Å². The van der Waals surface area contributed by atoms with Gasteiger partial charge in [0.05, 0.1) is 4.91 Å². The van der Waals surface area contributed by atoms with Gasteiger partial charge >= 0.3 is 0 Å². The fourth-order valence-electron chi connectivity index (χ4n) is 1.63. The Balaban J connectivity index is 2.11. The number of benzene rings is 1. The molecule has 3 nitrogen and oxygen atoms in total. The number of hydrogen-bond acceptors (Lipinski definition) is 3. The molecule has 0 saturated carbocycles. The van der Waals surface area contributed by atoms with E-state index in [-0.39, 0.29) is 5.91 Å². The predicted octanol–water partition coefficient (Wildman–Crippen LogP) is 1.14.